The van der Waals surface area contributed by atoms with E-state index in [0.717, 1.165) is 20.5 Å². The molecule has 1 aromatic heterocycles. The maximum atomic E-state index is 10.9. The number of para-hydroxylation sites is 1. The molecular weight excluding hydrogens is 306 g/mol. The number of aliphatic carboxylic acids is 1. The van der Waals surface area contributed by atoms with E-state index in [1.54, 1.807) is 0 Å². The Bertz CT molecular complexity index is 626. The predicted octanol–water partition coefficient (Wildman–Crippen LogP) is 4.75. The van der Waals surface area contributed by atoms with Crippen molar-refractivity contribution in [3.8, 4) is 0 Å². The molecule has 1 unspecified atom stereocenters. The molecule has 3 nitrogen and oxygen atoms in total. The number of nitrogens with zero attached hydrogens (tertiary/aromatic N) is 1. The first kappa shape index (κ1) is 15.9. The number of thiophene rings is 1. The topological polar surface area (TPSA) is 40.5 Å². The van der Waals surface area contributed by atoms with E-state index in [9.17, 15) is 4.79 Å². The Labute approximate surface area is 133 Å². The van der Waals surface area contributed by atoms with Gasteiger partial charge in [0.2, 0.25) is 0 Å². The smallest absolute Gasteiger partial charge is 0.305 e. The third-order valence-corrected chi connectivity index (χ3v) is 4.87. The third kappa shape index (κ3) is 3.99. The minimum absolute atomic E-state index is 0.0861. The second-order valence-electron chi connectivity index (χ2n) is 4.94. The van der Waals surface area contributed by atoms with Crippen LogP contribution in [0.2, 0.25) is 4.34 Å². The van der Waals surface area contributed by atoms with Crippen molar-refractivity contribution in [3.63, 3.8) is 0 Å². The summed E-state index contributed by atoms with van der Waals surface area (Å²) in [5.74, 6) is -0.787. The van der Waals surface area contributed by atoms with E-state index in [2.05, 4.69) is 11.8 Å². The van der Waals surface area contributed by atoms with Gasteiger partial charge in [0.25, 0.3) is 0 Å². The first-order valence-corrected chi connectivity index (χ1v) is 7.98. The average molecular weight is 324 g/mol. The van der Waals surface area contributed by atoms with Crippen molar-refractivity contribution in [2.24, 2.45) is 0 Å². The summed E-state index contributed by atoms with van der Waals surface area (Å²) < 4.78 is 0.750. The molecule has 0 saturated carbocycles. The number of carboxylic acids is 1. The number of aryl methyl sites for hydroxylation is 1. The summed E-state index contributed by atoms with van der Waals surface area (Å²) in [6.45, 7) is 4.59. The van der Waals surface area contributed by atoms with Crippen molar-refractivity contribution in [3.05, 3.63) is 51.2 Å². The van der Waals surface area contributed by atoms with Gasteiger partial charge in [-0.2, -0.15) is 0 Å². The van der Waals surface area contributed by atoms with Crippen LogP contribution in [0.1, 0.15) is 29.8 Å². The number of carboxylic acid groups (broad SMARTS) is 1. The van der Waals surface area contributed by atoms with Crippen molar-refractivity contribution in [2.75, 3.05) is 11.4 Å². The first-order valence-electron chi connectivity index (χ1n) is 6.78. The van der Waals surface area contributed by atoms with Gasteiger partial charge in [0, 0.05) is 17.1 Å². The summed E-state index contributed by atoms with van der Waals surface area (Å²) in [6, 6.07) is 12.0. The summed E-state index contributed by atoms with van der Waals surface area (Å²) in [5, 5.41) is 8.99. The molecule has 0 radical (unpaired) electrons. The van der Waals surface area contributed by atoms with E-state index in [1.807, 2.05) is 43.3 Å². The fourth-order valence-corrected chi connectivity index (χ4v) is 3.46. The highest BCUT2D eigenvalue weighted by molar-refractivity contribution is 7.16. The van der Waals surface area contributed by atoms with Crippen LogP contribution in [-0.4, -0.2) is 17.6 Å². The van der Waals surface area contributed by atoms with Crippen LogP contribution in [0.3, 0.4) is 0 Å². The summed E-state index contributed by atoms with van der Waals surface area (Å²) >= 11 is 7.56. The minimum Gasteiger partial charge on any atom is -0.481 e. The molecule has 0 amide bonds. The Hall–Kier alpha value is -1.52. The second kappa shape index (κ2) is 6.96. The molecule has 1 N–H and O–H groups in total. The van der Waals surface area contributed by atoms with Gasteiger partial charge >= 0.3 is 5.97 Å². The standard InChI is InChI=1S/C16H18ClNO2S/c1-11-5-3-4-6-13(11)18(10-9-16(19)20)12(2)14-7-8-15(17)21-14/h3-8,12H,9-10H2,1-2H3,(H,19,20). The molecule has 2 rings (SSSR count). The zero-order valence-electron chi connectivity index (χ0n) is 12.0. The molecule has 1 heterocycles. The van der Waals surface area contributed by atoms with Gasteiger partial charge in [0.15, 0.2) is 0 Å². The number of carbonyl (C=O) groups is 1. The van der Waals surface area contributed by atoms with Gasteiger partial charge < -0.3 is 10.0 Å². The van der Waals surface area contributed by atoms with Gasteiger partial charge in [0.1, 0.15) is 0 Å². The van der Waals surface area contributed by atoms with Crippen molar-refractivity contribution in [1.29, 1.82) is 0 Å². The number of benzene rings is 1. The van der Waals surface area contributed by atoms with Crippen LogP contribution in [0.5, 0.6) is 0 Å². The Balaban J connectivity index is 2.31. The highest BCUT2D eigenvalue weighted by atomic mass is 35.5. The number of hydrogen-bond acceptors (Lipinski definition) is 3. The zero-order chi connectivity index (χ0) is 15.4. The summed E-state index contributed by atoms with van der Waals surface area (Å²) in [5.41, 5.74) is 2.20. The molecule has 112 valence electrons. The largest absolute Gasteiger partial charge is 0.481 e. The molecule has 2 aromatic rings. The van der Waals surface area contributed by atoms with Gasteiger partial charge in [-0.3, -0.25) is 4.79 Å². The van der Waals surface area contributed by atoms with E-state index in [1.165, 1.54) is 11.3 Å². The number of rotatable bonds is 6. The minimum atomic E-state index is -0.787. The molecule has 0 aliphatic rings. The maximum absolute atomic E-state index is 10.9. The molecule has 0 spiro atoms. The third-order valence-electron chi connectivity index (χ3n) is 3.46. The van der Waals surface area contributed by atoms with Crippen molar-refractivity contribution in [2.45, 2.75) is 26.3 Å². The lowest BCUT2D eigenvalue weighted by Crippen LogP contribution is -2.29. The van der Waals surface area contributed by atoms with Crippen LogP contribution in [0.15, 0.2) is 36.4 Å². The number of hydrogen-bond donors (Lipinski definition) is 1. The quantitative estimate of drug-likeness (QED) is 0.833. The molecule has 1 aromatic carbocycles. The lowest BCUT2D eigenvalue weighted by Gasteiger charge is -2.31. The lowest BCUT2D eigenvalue weighted by molar-refractivity contribution is -0.136. The van der Waals surface area contributed by atoms with Gasteiger partial charge in [-0.15, -0.1) is 11.3 Å². The molecule has 0 fully saturated rings. The number of anilines is 1. The SMILES string of the molecule is Cc1ccccc1N(CCC(=O)O)C(C)c1ccc(Cl)s1. The van der Waals surface area contributed by atoms with Crippen LogP contribution in [0.25, 0.3) is 0 Å². The van der Waals surface area contributed by atoms with Crippen molar-refractivity contribution in [1.82, 2.24) is 0 Å². The van der Waals surface area contributed by atoms with Gasteiger partial charge in [-0.05, 0) is 37.6 Å². The van der Waals surface area contributed by atoms with Crippen LogP contribution in [-0.2, 0) is 4.79 Å². The maximum Gasteiger partial charge on any atom is 0.305 e. The van der Waals surface area contributed by atoms with E-state index in [4.69, 9.17) is 16.7 Å². The fourth-order valence-electron chi connectivity index (χ4n) is 2.33. The van der Waals surface area contributed by atoms with Crippen molar-refractivity contribution < 1.29 is 9.90 Å². The molecule has 1 atom stereocenters. The second-order valence-corrected chi connectivity index (χ2v) is 6.69. The fraction of sp³-hybridized carbons (Fsp3) is 0.312. The predicted molar refractivity (Wildman–Crippen MR) is 88.5 cm³/mol. The molecule has 0 aliphatic carbocycles. The van der Waals surface area contributed by atoms with E-state index >= 15 is 0 Å². The Kier molecular flexibility index (Phi) is 5.26. The molecular formula is C16H18ClNO2S. The molecule has 5 heteroatoms. The van der Waals surface area contributed by atoms with Crippen LogP contribution in [0, 0.1) is 6.92 Å². The van der Waals surface area contributed by atoms with Crippen LogP contribution < -0.4 is 4.90 Å². The molecule has 0 saturated heterocycles. The molecule has 0 aliphatic heterocycles. The summed E-state index contributed by atoms with van der Waals surface area (Å²) in [6.07, 6.45) is 0.109. The van der Waals surface area contributed by atoms with Crippen molar-refractivity contribution >= 4 is 34.6 Å². The normalized spacial score (nSPS) is 12.1. The van der Waals surface area contributed by atoms with Crippen LogP contribution >= 0.6 is 22.9 Å². The van der Waals surface area contributed by atoms with Gasteiger partial charge in [-0.25, -0.2) is 0 Å². The van der Waals surface area contributed by atoms with E-state index < -0.39 is 5.97 Å². The van der Waals surface area contributed by atoms with Gasteiger partial charge in [0.05, 0.1) is 16.8 Å². The molecule has 21 heavy (non-hydrogen) atoms. The summed E-state index contributed by atoms with van der Waals surface area (Å²) in [7, 11) is 0. The first-order chi connectivity index (χ1) is 9.99. The van der Waals surface area contributed by atoms with E-state index in [0.29, 0.717) is 6.54 Å². The highest BCUT2D eigenvalue weighted by Gasteiger charge is 2.20. The Morgan fingerprint density at radius 3 is 2.62 bits per heavy atom. The highest BCUT2D eigenvalue weighted by Crippen LogP contribution is 2.34. The number of halogens is 1. The summed E-state index contributed by atoms with van der Waals surface area (Å²) in [4.78, 5) is 14.2. The Morgan fingerprint density at radius 2 is 2.05 bits per heavy atom. The van der Waals surface area contributed by atoms with E-state index in [-0.39, 0.29) is 12.5 Å². The monoisotopic (exact) mass is 323 g/mol. The van der Waals surface area contributed by atoms with Crippen LogP contribution in [0.4, 0.5) is 5.69 Å². The molecule has 0 bridgehead atoms. The zero-order valence-corrected chi connectivity index (χ0v) is 13.6. The average Bonchev–Trinajstić information content (AvgIpc) is 2.87. The Morgan fingerprint density at radius 1 is 1.33 bits per heavy atom. The lowest BCUT2D eigenvalue weighted by atomic mass is 10.1. The van der Waals surface area contributed by atoms with Gasteiger partial charge in [-0.1, -0.05) is 29.8 Å².